The first kappa shape index (κ1) is 15.3. The third-order valence-corrected chi connectivity index (χ3v) is 3.93. The summed E-state index contributed by atoms with van der Waals surface area (Å²) in [4.78, 5) is 25.9. The highest BCUT2D eigenvalue weighted by Crippen LogP contribution is 2.24. The number of carbonyl (C=O) groups excluding carboxylic acids is 2. The van der Waals surface area contributed by atoms with E-state index in [1.165, 1.54) is 0 Å². The Hall–Kier alpha value is -0.710. The van der Waals surface area contributed by atoms with Crippen molar-refractivity contribution >= 4 is 23.6 Å². The summed E-state index contributed by atoms with van der Waals surface area (Å²) in [5.74, 6) is 1.01. The largest absolute Gasteiger partial charge is 0.342 e. The van der Waals surface area contributed by atoms with Gasteiger partial charge in [-0.1, -0.05) is 20.8 Å². The number of nitrogens with one attached hydrogen (secondary N) is 1. The molecule has 0 aliphatic carbocycles. The van der Waals surface area contributed by atoms with Crippen molar-refractivity contribution in [3.8, 4) is 0 Å². The Morgan fingerprint density at radius 2 is 2.06 bits per heavy atom. The van der Waals surface area contributed by atoms with E-state index < -0.39 is 6.04 Å². The maximum atomic E-state index is 12.4. The normalized spacial score (nSPS) is 22.9. The lowest BCUT2D eigenvalue weighted by Gasteiger charge is -2.41. The minimum absolute atomic E-state index is 0.0504. The molecule has 2 atom stereocenters. The van der Waals surface area contributed by atoms with Gasteiger partial charge in [0.2, 0.25) is 11.8 Å². The van der Waals surface area contributed by atoms with E-state index >= 15 is 0 Å². The number of hydrogen-bond donors (Lipinski definition) is 1. The Labute approximate surface area is 114 Å². The molecule has 0 radical (unpaired) electrons. The predicted molar refractivity (Wildman–Crippen MR) is 75.6 cm³/mol. The molecule has 2 unspecified atom stereocenters. The summed E-state index contributed by atoms with van der Waals surface area (Å²) in [5, 5.41) is 2.81. The van der Waals surface area contributed by atoms with Gasteiger partial charge in [0, 0.05) is 6.04 Å². The van der Waals surface area contributed by atoms with Crippen molar-refractivity contribution in [2.45, 2.75) is 46.2 Å². The van der Waals surface area contributed by atoms with Crippen LogP contribution in [0.4, 0.5) is 0 Å². The third kappa shape index (κ3) is 3.64. The molecule has 5 heteroatoms. The van der Waals surface area contributed by atoms with Crippen molar-refractivity contribution < 1.29 is 9.59 Å². The van der Waals surface area contributed by atoms with Crippen LogP contribution >= 0.6 is 11.8 Å². The van der Waals surface area contributed by atoms with Crippen molar-refractivity contribution in [1.82, 2.24) is 10.2 Å². The first-order valence-corrected chi connectivity index (χ1v) is 7.75. The topological polar surface area (TPSA) is 49.4 Å². The summed E-state index contributed by atoms with van der Waals surface area (Å²) >= 11 is 1.76. The molecule has 1 heterocycles. The summed E-state index contributed by atoms with van der Waals surface area (Å²) in [5.41, 5.74) is -0.245. The van der Waals surface area contributed by atoms with Gasteiger partial charge in [0.1, 0.15) is 6.04 Å². The standard InChI is InChI=1S/C13H24N2O2S/c1-9(6-7-18-5)15-8-10(16)14-11(12(15)17)13(2,3)4/h9,11H,6-8H2,1-5H3,(H,14,16). The molecule has 1 fully saturated rings. The SMILES string of the molecule is CSCCC(C)N1CC(=O)NC(C(C)(C)C)C1=O. The molecule has 0 bridgehead atoms. The maximum Gasteiger partial charge on any atom is 0.246 e. The van der Waals surface area contributed by atoms with Crippen LogP contribution in [0.1, 0.15) is 34.1 Å². The number of nitrogens with zero attached hydrogens (tertiary/aromatic N) is 1. The van der Waals surface area contributed by atoms with Gasteiger partial charge < -0.3 is 10.2 Å². The van der Waals surface area contributed by atoms with Crippen LogP contribution in [-0.4, -0.2) is 47.4 Å². The minimum Gasteiger partial charge on any atom is -0.342 e. The molecule has 0 aromatic heterocycles. The molecule has 104 valence electrons. The fourth-order valence-electron chi connectivity index (χ4n) is 2.07. The van der Waals surface area contributed by atoms with E-state index in [1.54, 1.807) is 16.7 Å². The Balaban J connectivity index is 2.79. The van der Waals surface area contributed by atoms with Gasteiger partial charge in [-0.3, -0.25) is 9.59 Å². The molecule has 1 aliphatic heterocycles. The zero-order chi connectivity index (χ0) is 13.9. The first-order valence-electron chi connectivity index (χ1n) is 6.36. The lowest BCUT2D eigenvalue weighted by atomic mass is 9.84. The molecule has 0 aromatic carbocycles. The van der Waals surface area contributed by atoms with Crippen LogP contribution in [0.5, 0.6) is 0 Å². The molecule has 1 rings (SSSR count). The number of piperazine rings is 1. The van der Waals surface area contributed by atoms with E-state index in [-0.39, 0.29) is 29.8 Å². The summed E-state index contributed by atoms with van der Waals surface area (Å²) in [6, 6.07) is -0.281. The van der Waals surface area contributed by atoms with E-state index in [4.69, 9.17) is 0 Å². The van der Waals surface area contributed by atoms with Crippen molar-refractivity contribution in [3.05, 3.63) is 0 Å². The second-order valence-corrected chi connectivity index (χ2v) is 6.95. The Morgan fingerprint density at radius 3 is 2.56 bits per heavy atom. The fourth-order valence-corrected chi connectivity index (χ4v) is 2.65. The quantitative estimate of drug-likeness (QED) is 0.844. The van der Waals surface area contributed by atoms with Gasteiger partial charge in [-0.2, -0.15) is 11.8 Å². The zero-order valence-corrected chi connectivity index (χ0v) is 12.8. The summed E-state index contributed by atoms with van der Waals surface area (Å²) in [6.45, 7) is 8.15. The molecule has 2 amide bonds. The molecule has 1 saturated heterocycles. The lowest BCUT2D eigenvalue weighted by molar-refractivity contribution is -0.149. The average Bonchev–Trinajstić information content (AvgIpc) is 2.27. The van der Waals surface area contributed by atoms with Crippen molar-refractivity contribution in [1.29, 1.82) is 0 Å². The molecule has 1 aliphatic rings. The molecular weight excluding hydrogens is 248 g/mol. The monoisotopic (exact) mass is 272 g/mol. The van der Waals surface area contributed by atoms with Gasteiger partial charge in [-0.15, -0.1) is 0 Å². The second kappa shape index (κ2) is 5.95. The van der Waals surface area contributed by atoms with Crippen LogP contribution in [0.3, 0.4) is 0 Å². The van der Waals surface area contributed by atoms with Crippen molar-refractivity contribution in [2.75, 3.05) is 18.6 Å². The molecule has 18 heavy (non-hydrogen) atoms. The molecular formula is C13H24N2O2S. The van der Waals surface area contributed by atoms with E-state index in [9.17, 15) is 9.59 Å². The van der Waals surface area contributed by atoms with Gasteiger partial charge in [-0.05, 0) is 30.8 Å². The fraction of sp³-hybridized carbons (Fsp3) is 0.846. The van der Waals surface area contributed by atoms with E-state index in [0.717, 1.165) is 12.2 Å². The Bertz CT molecular complexity index is 325. The third-order valence-electron chi connectivity index (χ3n) is 3.29. The number of carbonyl (C=O) groups is 2. The smallest absolute Gasteiger partial charge is 0.246 e. The van der Waals surface area contributed by atoms with Gasteiger partial charge in [0.05, 0.1) is 6.54 Å². The van der Waals surface area contributed by atoms with Gasteiger partial charge in [0.25, 0.3) is 0 Å². The Morgan fingerprint density at radius 1 is 1.44 bits per heavy atom. The molecule has 0 saturated carbocycles. The maximum absolute atomic E-state index is 12.4. The van der Waals surface area contributed by atoms with Gasteiger partial charge in [0.15, 0.2) is 0 Å². The van der Waals surface area contributed by atoms with Crippen LogP contribution in [0, 0.1) is 5.41 Å². The molecule has 0 spiro atoms. The van der Waals surface area contributed by atoms with Crippen molar-refractivity contribution in [2.24, 2.45) is 5.41 Å². The van der Waals surface area contributed by atoms with Crippen LogP contribution in [0.2, 0.25) is 0 Å². The van der Waals surface area contributed by atoms with E-state index in [2.05, 4.69) is 11.6 Å². The first-order chi connectivity index (χ1) is 8.27. The van der Waals surface area contributed by atoms with Crippen molar-refractivity contribution in [3.63, 3.8) is 0 Å². The highest BCUT2D eigenvalue weighted by atomic mass is 32.2. The number of amides is 2. The number of rotatable bonds is 4. The highest BCUT2D eigenvalue weighted by Gasteiger charge is 2.41. The number of hydrogen-bond acceptors (Lipinski definition) is 3. The summed E-state index contributed by atoms with van der Waals surface area (Å²) < 4.78 is 0. The van der Waals surface area contributed by atoms with Crippen LogP contribution in [0.15, 0.2) is 0 Å². The highest BCUT2D eigenvalue weighted by molar-refractivity contribution is 7.98. The second-order valence-electron chi connectivity index (χ2n) is 5.96. The minimum atomic E-state index is -0.407. The van der Waals surface area contributed by atoms with E-state index in [1.807, 2.05) is 27.7 Å². The Kier molecular flexibility index (Phi) is 5.08. The van der Waals surface area contributed by atoms with E-state index in [0.29, 0.717) is 0 Å². The summed E-state index contributed by atoms with van der Waals surface area (Å²) in [7, 11) is 0. The molecule has 4 nitrogen and oxygen atoms in total. The average molecular weight is 272 g/mol. The number of thioether (sulfide) groups is 1. The van der Waals surface area contributed by atoms with Crippen LogP contribution in [-0.2, 0) is 9.59 Å². The molecule has 1 N–H and O–H groups in total. The zero-order valence-electron chi connectivity index (χ0n) is 11.9. The molecule has 0 aromatic rings. The van der Waals surface area contributed by atoms with Crippen LogP contribution in [0.25, 0.3) is 0 Å². The van der Waals surface area contributed by atoms with Crippen LogP contribution < -0.4 is 5.32 Å². The van der Waals surface area contributed by atoms with Gasteiger partial charge >= 0.3 is 0 Å². The van der Waals surface area contributed by atoms with Gasteiger partial charge in [-0.25, -0.2) is 0 Å². The lowest BCUT2D eigenvalue weighted by Crippen LogP contribution is -2.63. The summed E-state index contributed by atoms with van der Waals surface area (Å²) in [6.07, 6.45) is 2.98. The predicted octanol–water partition coefficient (Wildman–Crippen LogP) is 1.50.